The first-order chi connectivity index (χ1) is 10.5. The van der Waals surface area contributed by atoms with Crippen molar-refractivity contribution < 1.29 is 4.79 Å². The largest absolute Gasteiger partial charge is 0.328 e. The van der Waals surface area contributed by atoms with Gasteiger partial charge in [-0.25, -0.2) is 9.97 Å². The van der Waals surface area contributed by atoms with Crippen LogP contribution in [0.4, 0.5) is 0 Å². The van der Waals surface area contributed by atoms with E-state index in [1.165, 1.54) is 0 Å². The number of rotatable bonds is 3. The smallest absolute Gasteiger partial charge is 0.245 e. The van der Waals surface area contributed by atoms with Crippen molar-refractivity contribution in [3.05, 3.63) is 41.7 Å². The van der Waals surface area contributed by atoms with E-state index in [4.69, 9.17) is 0 Å². The highest BCUT2D eigenvalue weighted by molar-refractivity contribution is 5.77. The number of amides is 1. The van der Waals surface area contributed by atoms with E-state index >= 15 is 0 Å². The number of aryl methyl sites for hydroxylation is 2. The number of carbonyl (C=O) groups excluding carboxylic acids is 1. The summed E-state index contributed by atoms with van der Waals surface area (Å²) in [5.74, 6) is 0.808. The molecule has 3 heterocycles. The summed E-state index contributed by atoms with van der Waals surface area (Å²) in [7, 11) is 0. The Morgan fingerprint density at radius 1 is 1.32 bits per heavy atom. The molecule has 0 spiro atoms. The van der Waals surface area contributed by atoms with Crippen molar-refractivity contribution >= 4 is 5.91 Å². The molecule has 2 aromatic heterocycles. The van der Waals surface area contributed by atoms with Gasteiger partial charge >= 0.3 is 0 Å². The van der Waals surface area contributed by atoms with Gasteiger partial charge in [0.2, 0.25) is 5.91 Å². The Hall–Kier alpha value is -2.24. The molecule has 1 aliphatic rings. The van der Waals surface area contributed by atoms with Crippen LogP contribution in [-0.2, 0) is 16.9 Å². The summed E-state index contributed by atoms with van der Waals surface area (Å²) >= 11 is 0. The minimum absolute atomic E-state index is 0.0615. The second-order valence-corrected chi connectivity index (χ2v) is 6.10. The maximum Gasteiger partial charge on any atom is 0.245 e. The molecule has 1 aliphatic heterocycles. The van der Waals surface area contributed by atoms with Gasteiger partial charge in [0.1, 0.15) is 6.54 Å². The number of carbonyl (C=O) groups is 1. The SMILES string of the molecule is Cc1cc(C)nc([C@@]2(C)CCCN2C(=O)Cn2cccn2)n1. The molecule has 1 atom stereocenters. The van der Waals surface area contributed by atoms with Crippen LogP contribution in [0, 0.1) is 13.8 Å². The van der Waals surface area contributed by atoms with Crippen LogP contribution in [-0.4, -0.2) is 37.1 Å². The van der Waals surface area contributed by atoms with E-state index in [1.807, 2.05) is 30.9 Å². The fourth-order valence-corrected chi connectivity index (χ4v) is 3.18. The maximum absolute atomic E-state index is 12.7. The molecule has 0 N–H and O–H groups in total. The third-order valence-electron chi connectivity index (χ3n) is 4.26. The lowest BCUT2D eigenvalue weighted by molar-refractivity contribution is -0.136. The Labute approximate surface area is 130 Å². The number of hydrogen-bond acceptors (Lipinski definition) is 4. The molecule has 0 aromatic carbocycles. The van der Waals surface area contributed by atoms with E-state index in [9.17, 15) is 4.79 Å². The Kier molecular flexibility index (Phi) is 3.68. The van der Waals surface area contributed by atoms with Crippen LogP contribution in [0.2, 0.25) is 0 Å². The summed E-state index contributed by atoms with van der Waals surface area (Å²) in [6, 6.07) is 3.78. The second kappa shape index (κ2) is 5.51. The van der Waals surface area contributed by atoms with Crippen molar-refractivity contribution in [2.24, 2.45) is 0 Å². The summed E-state index contributed by atoms with van der Waals surface area (Å²) in [6.07, 6.45) is 5.35. The van der Waals surface area contributed by atoms with Crippen molar-refractivity contribution in [1.82, 2.24) is 24.6 Å². The van der Waals surface area contributed by atoms with Gasteiger partial charge in [0.15, 0.2) is 5.82 Å². The van der Waals surface area contributed by atoms with Crippen LogP contribution in [0.3, 0.4) is 0 Å². The van der Waals surface area contributed by atoms with Gasteiger partial charge < -0.3 is 4.90 Å². The van der Waals surface area contributed by atoms with Crippen LogP contribution in [0.15, 0.2) is 24.5 Å². The minimum atomic E-state index is -0.430. The van der Waals surface area contributed by atoms with Crippen LogP contribution in [0.25, 0.3) is 0 Å². The zero-order valence-electron chi connectivity index (χ0n) is 13.3. The second-order valence-electron chi connectivity index (χ2n) is 6.10. The quantitative estimate of drug-likeness (QED) is 0.867. The van der Waals surface area contributed by atoms with Crippen molar-refractivity contribution in [1.29, 1.82) is 0 Å². The van der Waals surface area contributed by atoms with E-state index in [-0.39, 0.29) is 12.5 Å². The molecule has 6 heteroatoms. The Morgan fingerprint density at radius 3 is 2.68 bits per heavy atom. The lowest BCUT2D eigenvalue weighted by atomic mass is 9.97. The van der Waals surface area contributed by atoms with Crippen molar-refractivity contribution in [2.45, 2.75) is 45.7 Å². The van der Waals surface area contributed by atoms with Crippen LogP contribution in [0.1, 0.15) is 37.0 Å². The summed E-state index contributed by atoms with van der Waals surface area (Å²) < 4.78 is 1.66. The molecule has 0 unspecified atom stereocenters. The van der Waals surface area contributed by atoms with Crippen LogP contribution < -0.4 is 0 Å². The Bertz CT molecular complexity index is 662. The van der Waals surface area contributed by atoms with Gasteiger partial charge in [-0.15, -0.1) is 0 Å². The Morgan fingerprint density at radius 2 is 2.05 bits per heavy atom. The van der Waals surface area contributed by atoms with E-state index in [1.54, 1.807) is 17.1 Å². The molecular formula is C16H21N5O. The third kappa shape index (κ3) is 2.61. The van der Waals surface area contributed by atoms with E-state index < -0.39 is 5.54 Å². The molecule has 116 valence electrons. The molecule has 0 aliphatic carbocycles. The molecule has 0 bridgehead atoms. The van der Waals surface area contributed by atoms with Crippen molar-refractivity contribution in [2.75, 3.05) is 6.54 Å². The molecule has 1 saturated heterocycles. The average Bonchev–Trinajstić information content (AvgIpc) is 3.07. The maximum atomic E-state index is 12.7. The van der Waals surface area contributed by atoms with Crippen molar-refractivity contribution in [3.8, 4) is 0 Å². The molecule has 0 radical (unpaired) electrons. The first-order valence-corrected chi connectivity index (χ1v) is 7.60. The topological polar surface area (TPSA) is 63.9 Å². The lowest BCUT2D eigenvalue weighted by Crippen LogP contribution is -2.45. The normalized spacial score (nSPS) is 21.3. The molecule has 22 heavy (non-hydrogen) atoms. The van der Waals surface area contributed by atoms with E-state index in [0.717, 1.165) is 36.6 Å². The average molecular weight is 299 g/mol. The molecule has 0 saturated carbocycles. The van der Waals surface area contributed by atoms with Gasteiger partial charge in [-0.3, -0.25) is 9.48 Å². The van der Waals surface area contributed by atoms with Gasteiger partial charge in [0, 0.05) is 30.3 Å². The fourth-order valence-electron chi connectivity index (χ4n) is 3.18. The first kappa shape index (κ1) is 14.7. The summed E-state index contributed by atoms with van der Waals surface area (Å²) in [5.41, 5.74) is 1.45. The van der Waals surface area contributed by atoms with Gasteiger partial charge in [-0.2, -0.15) is 5.10 Å². The van der Waals surface area contributed by atoms with Gasteiger partial charge in [-0.05, 0) is 45.7 Å². The fraction of sp³-hybridized carbons (Fsp3) is 0.500. The lowest BCUT2D eigenvalue weighted by Gasteiger charge is -2.34. The predicted molar refractivity (Wildman–Crippen MR) is 82.0 cm³/mol. The molecule has 1 fully saturated rings. The third-order valence-corrected chi connectivity index (χ3v) is 4.26. The number of hydrogen-bond donors (Lipinski definition) is 0. The number of aromatic nitrogens is 4. The van der Waals surface area contributed by atoms with E-state index in [2.05, 4.69) is 22.0 Å². The van der Waals surface area contributed by atoms with E-state index in [0.29, 0.717) is 0 Å². The van der Waals surface area contributed by atoms with Gasteiger partial charge in [-0.1, -0.05) is 0 Å². The standard InChI is InChI=1S/C16H21N5O/c1-12-10-13(2)19-15(18-12)16(3)6-4-9-21(16)14(22)11-20-8-5-7-17-20/h5,7-8,10H,4,6,9,11H2,1-3H3/t16-/m1/s1. The first-order valence-electron chi connectivity index (χ1n) is 7.60. The van der Waals surface area contributed by atoms with Gasteiger partial charge in [0.25, 0.3) is 0 Å². The molecule has 3 rings (SSSR count). The molecule has 1 amide bonds. The highest BCUT2D eigenvalue weighted by Gasteiger charge is 2.43. The summed E-state index contributed by atoms with van der Waals surface area (Å²) in [4.78, 5) is 23.8. The molecule has 2 aromatic rings. The predicted octanol–water partition coefficient (Wildman–Crippen LogP) is 1.83. The Balaban J connectivity index is 1.89. The zero-order valence-corrected chi connectivity index (χ0v) is 13.3. The molecular weight excluding hydrogens is 278 g/mol. The number of nitrogens with zero attached hydrogens (tertiary/aromatic N) is 5. The number of likely N-dealkylation sites (tertiary alicyclic amines) is 1. The minimum Gasteiger partial charge on any atom is -0.328 e. The van der Waals surface area contributed by atoms with Crippen LogP contribution >= 0.6 is 0 Å². The highest BCUT2D eigenvalue weighted by atomic mass is 16.2. The highest BCUT2D eigenvalue weighted by Crippen LogP contribution is 2.37. The van der Waals surface area contributed by atoms with Gasteiger partial charge in [0.05, 0.1) is 5.54 Å². The summed E-state index contributed by atoms with van der Waals surface area (Å²) in [6.45, 7) is 6.99. The molecule has 6 nitrogen and oxygen atoms in total. The zero-order chi connectivity index (χ0) is 15.7. The monoisotopic (exact) mass is 299 g/mol. The summed E-state index contributed by atoms with van der Waals surface area (Å²) in [5, 5.41) is 4.11. The van der Waals surface area contributed by atoms with Crippen molar-refractivity contribution in [3.63, 3.8) is 0 Å². The van der Waals surface area contributed by atoms with Crippen LogP contribution in [0.5, 0.6) is 0 Å².